The third kappa shape index (κ3) is 3.28. The molecular weight excluding hydrogens is 340 g/mol. The van der Waals surface area contributed by atoms with Gasteiger partial charge in [-0.3, -0.25) is 14.4 Å². The second-order valence-electron chi connectivity index (χ2n) is 8.00. The average Bonchev–Trinajstić information content (AvgIpc) is 3.25. The second kappa shape index (κ2) is 7.09. The van der Waals surface area contributed by atoms with Crippen LogP contribution in [0.25, 0.3) is 0 Å². The predicted molar refractivity (Wildman–Crippen MR) is 104 cm³/mol. The molecule has 144 valence electrons. The van der Waals surface area contributed by atoms with Gasteiger partial charge in [0, 0.05) is 44.1 Å². The van der Waals surface area contributed by atoms with Crippen LogP contribution in [0.3, 0.4) is 0 Å². The fraction of sp³-hybridized carbons (Fsp3) is 0.524. The maximum absolute atomic E-state index is 13.0. The molecule has 1 spiro atoms. The van der Waals surface area contributed by atoms with E-state index >= 15 is 0 Å². The van der Waals surface area contributed by atoms with Crippen molar-refractivity contribution in [3.05, 3.63) is 53.3 Å². The molecule has 2 saturated heterocycles. The monoisotopic (exact) mass is 368 g/mol. The fourth-order valence-corrected chi connectivity index (χ4v) is 4.34. The number of aryl methyl sites for hydroxylation is 1. The van der Waals surface area contributed by atoms with Crippen LogP contribution in [0.5, 0.6) is 0 Å². The molecule has 6 nitrogen and oxygen atoms in total. The largest absolute Gasteiger partial charge is 0.361 e. The summed E-state index contributed by atoms with van der Waals surface area (Å²) in [5, 5.41) is 7.52. The third-order valence-electron chi connectivity index (χ3n) is 5.67. The number of benzene rings is 1. The van der Waals surface area contributed by atoms with Crippen molar-refractivity contribution >= 4 is 5.91 Å². The van der Waals surface area contributed by atoms with Gasteiger partial charge >= 0.3 is 0 Å². The molecule has 2 aliphatic heterocycles. The Morgan fingerprint density at radius 3 is 2.78 bits per heavy atom. The van der Waals surface area contributed by atoms with E-state index in [0.717, 1.165) is 18.8 Å². The molecule has 2 aromatic rings. The van der Waals surface area contributed by atoms with Crippen LogP contribution in [0, 0.1) is 6.92 Å². The Labute approximate surface area is 160 Å². The second-order valence-corrected chi connectivity index (χ2v) is 8.00. The molecule has 0 saturated carbocycles. The van der Waals surface area contributed by atoms with Gasteiger partial charge in [0.25, 0.3) is 5.91 Å². The van der Waals surface area contributed by atoms with Crippen LogP contribution in [-0.2, 0) is 16.1 Å². The quantitative estimate of drug-likeness (QED) is 0.899. The van der Waals surface area contributed by atoms with E-state index in [-0.39, 0.29) is 17.9 Å². The molecule has 1 aromatic heterocycles. The first-order valence-corrected chi connectivity index (χ1v) is 9.73. The van der Waals surface area contributed by atoms with E-state index in [0.29, 0.717) is 19.7 Å². The van der Waals surface area contributed by atoms with Crippen LogP contribution in [-0.4, -0.2) is 52.4 Å². The van der Waals surface area contributed by atoms with Crippen molar-refractivity contribution in [1.82, 2.24) is 20.0 Å². The lowest BCUT2D eigenvalue weighted by molar-refractivity contribution is -0.155. The molecule has 0 radical (unpaired) electrons. The van der Waals surface area contributed by atoms with Crippen LogP contribution in [0.1, 0.15) is 42.6 Å². The highest BCUT2D eigenvalue weighted by molar-refractivity contribution is 5.88. The van der Waals surface area contributed by atoms with E-state index in [1.165, 1.54) is 11.1 Å². The highest BCUT2D eigenvalue weighted by Crippen LogP contribution is 2.41. The molecule has 2 aliphatic rings. The summed E-state index contributed by atoms with van der Waals surface area (Å²) in [4.78, 5) is 15.3. The minimum Gasteiger partial charge on any atom is -0.361 e. The van der Waals surface area contributed by atoms with Gasteiger partial charge in [-0.25, -0.2) is 0 Å². The Balaban J connectivity index is 1.66. The molecular formula is C21H28N4O2. The lowest BCUT2D eigenvalue weighted by Crippen LogP contribution is -2.59. The van der Waals surface area contributed by atoms with Crippen LogP contribution in [0.4, 0.5) is 0 Å². The number of ether oxygens (including phenoxy) is 1. The van der Waals surface area contributed by atoms with E-state index < -0.39 is 5.60 Å². The summed E-state index contributed by atoms with van der Waals surface area (Å²) < 4.78 is 8.22. The number of hydrogen-bond donors (Lipinski definition) is 1. The molecule has 0 unspecified atom stereocenters. The number of nitrogens with one attached hydrogen (secondary N) is 1. The standard InChI is InChI=1S/C21H28N4O2/c1-15(2)25-19(8-9-23-25)18-13-24(12-17-6-4-16(3)5-7-17)14-21(18)20(26)22-10-11-27-21/h4-9,15,18H,10-14H2,1-3H3,(H,22,26)/t18-,21+/m1/s1. The van der Waals surface area contributed by atoms with Gasteiger partial charge in [-0.15, -0.1) is 0 Å². The Morgan fingerprint density at radius 2 is 2.07 bits per heavy atom. The molecule has 2 fully saturated rings. The number of hydrogen-bond acceptors (Lipinski definition) is 4. The normalized spacial score (nSPS) is 26.1. The number of aromatic nitrogens is 2. The number of nitrogens with zero attached hydrogens (tertiary/aromatic N) is 3. The van der Waals surface area contributed by atoms with Gasteiger partial charge in [-0.1, -0.05) is 29.8 Å². The Hall–Kier alpha value is -2.18. The maximum atomic E-state index is 13.0. The number of likely N-dealkylation sites (tertiary alicyclic amines) is 1. The van der Waals surface area contributed by atoms with E-state index in [1.807, 2.05) is 16.9 Å². The Bertz CT molecular complexity index is 814. The molecule has 1 aromatic carbocycles. The summed E-state index contributed by atoms with van der Waals surface area (Å²) in [7, 11) is 0. The van der Waals surface area contributed by atoms with E-state index in [9.17, 15) is 4.79 Å². The van der Waals surface area contributed by atoms with Gasteiger partial charge in [-0.2, -0.15) is 5.10 Å². The zero-order valence-electron chi connectivity index (χ0n) is 16.3. The van der Waals surface area contributed by atoms with E-state index in [4.69, 9.17) is 4.74 Å². The highest BCUT2D eigenvalue weighted by atomic mass is 16.5. The maximum Gasteiger partial charge on any atom is 0.254 e. The molecule has 3 heterocycles. The molecule has 0 bridgehead atoms. The summed E-state index contributed by atoms with van der Waals surface area (Å²) in [6.07, 6.45) is 1.83. The van der Waals surface area contributed by atoms with Gasteiger partial charge in [0.15, 0.2) is 5.60 Å². The predicted octanol–water partition coefficient (Wildman–Crippen LogP) is 2.26. The number of rotatable bonds is 4. The van der Waals surface area contributed by atoms with Gasteiger partial charge in [0.05, 0.1) is 12.5 Å². The van der Waals surface area contributed by atoms with Crippen LogP contribution in [0.15, 0.2) is 36.5 Å². The molecule has 0 aliphatic carbocycles. The van der Waals surface area contributed by atoms with Crippen molar-refractivity contribution in [1.29, 1.82) is 0 Å². The number of carbonyl (C=O) groups is 1. The van der Waals surface area contributed by atoms with E-state index in [2.05, 4.69) is 60.4 Å². The number of carbonyl (C=O) groups excluding carboxylic acids is 1. The fourth-order valence-electron chi connectivity index (χ4n) is 4.34. The number of morpholine rings is 1. The van der Waals surface area contributed by atoms with Gasteiger partial charge in [-0.05, 0) is 32.4 Å². The van der Waals surface area contributed by atoms with Crippen LogP contribution in [0.2, 0.25) is 0 Å². The summed E-state index contributed by atoms with van der Waals surface area (Å²) >= 11 is 0. The molecule has 1 N–H and O–H groups in total. The molecule has 6 heteroatoms. The minimum atomic E-state index is -0.838. The summed E-state index contributed by atoms with van der Waals surface area (Å²) in [6, 6.07) is 10.9. The van der Waals surface area contributed by atoms with Crippen molar-refractivity contribution in [3.8, 4) is 0 Å². The van der Waals surface area contributed by atoms with Gasteiger partial charge < -0.3 is 10.1 Å². The summed E-state index contributed by atoms with van der Waals surface area (Å²) in [5.74, 6) is -0.0326. The third-order valence-corrected chi connectivity index (χ3v) is 5.67. The van der Waals surface area contributed by atoms with Crippen LogP contribution < -0.4 is 5.32 Å². The first-order chi connectivity index (χ1) is 13.0. The Morgan fingerprint density at radius 1 is 1.30 bits per heavy atom. The van der Waals surface area contributed by atoms with Gasteiger partial charge in [0.1, 0.15) is 0 Å². The molecule has 1 amide bonds. The lowest BCUT2D eigenvalue weighted by atomic mass is 9.86. The smallest absolute Gasteiger partial charge is 0.254 e. The van der Waals surface area contributed by atoms with Crippen molar-refractivity contribution in [2.24, 2.45) is 0 Å². The zero-order chi connectivity index (χ0) is 19.0. The lowest BCUT2D eigenvalue weighted by Gasteiger charge is -2.37. The first-order valence-electron chi connectivity index (χ1n) is 9.73. The molecule has 27 heavy (non-hydrogen) atoms. The summed E-state index contributed by atoms with van der Waals surface area (Å²) in [5.41, 5.74) is 2.75. The molecule has 2 atom stereocenters. The van der Waals surface area contributed by atoms with E-state index in [1.54, 1.807) is 0 Å². The number of amides is 1. The topological polar surface area (TPSA) is 59.4 Å². The van der Waals surface area contributed by atoms with Crippen molar-refractivity contribution in [3.63, 3.8) is 0 Å². The average molecular weight is 368 g/mol. The first kappa shape index (κ1) is 18.2. The Kier molecular flexibility index (Phi) is 4.78. The van der Waals surface area contributed by atoms with Crippen molar-refractivity contribution in [2.45, 2.75) is 44.9 Å². The minimum absolute atomic E-state index is 0.00154. The van der Waals surface area contributed by atoms with Crippen LogP contribution >= 0.6 is 0 Å². The van der Waals surface area contributed by atoms with Gasteiger partial charge in [0.2, 0.25) is 0 Å². The van der Waals surface area contributed by atoms with Crippen molar-refractivity contribution in [2.75, 3.05) is 26.2 Å². The zero-order valence-corrected chi connectivity index (χ0v) is 16.3. The molecule has 4 rings (SSSR count). The van der Waals surface area contributed by atoms with Crippen molar-refractivity contribution < 1.29 is 9.53 Å². The SMILES string of the molecule is Cc1ccc(CN2C[C@H](c3ccnn3C(C)C)[C@]3(C2)OCCNC3=O)cc1. The highest BCUT2D eigenvalue weighted by Gasteiger charge is 2.56. The summed E-state index contributed by atoms with van der Waals surface area (Å²) in [6.45, 7) is 9.64.